The molecule has 12 heavy (non-hydrogen) atoms. The molecule has 0 aliphatic carbocycles. The van der Waals surface area contributed by atoms with Gasteiger partial charge in [0, 0.05) is 6.21 Å². The molecule has 4 nitrogen and oxygen atoms in total. The molecule has 2 aliphatic heterocycles. The third-order valence-electron chi connectivity index (χ3n) is 1.59. The molecule has 0 aromatic heterocycles. The van der Waals surface area contributed by atoms with Crippen molar-refractivity contribution in [1.82, 2.24) is 5.32 Å². The zero-order valence-electron chi connectivity index (χ0n) is 6.36. The molecule has 4 heteroatoms. The first-order chi connectivity index (χ1) is 5.88. The van der Waals surface area contributed by atoms with Crippen LogP contribution in [0, 0.1) is 0 Å². The van der Waals surface area contributed by atoms with Crippen molar-refractivity contribution in [2.24, 2.45) is 15.7 Å². The molecule has 0 spiro atoms. The Bertz CT molecular complexity index is 344. The minimum atomic E-state index is 0.444. The Morgan fingerprint density at radius 2 is 2.17 bits per heavy atom. The van der Waals surface area contributed by atoms with E-state index in [1.54, 1.807) is 12.6 Å². The maximum absolute atomic E-state index is 5.62. The van der Waals surface area contributed by atoms with Crippen LogP contribution in [0.15, 0.2) is 45.4 Å². The van der Waals surface area contributed by atoms with Gasteiger partial charge in [-0.1, -0.05) is 6.08 Å². The van der Waals surface area contributed by atoms with Crippen LogP contribution in [0.25, 0.3) is 0 Å². The average molecular weight is 160 g/mol. The largest absolute Gasteiger partial charge is 0.382 e. The maximum atomic E-state index is 5.62. The van der Waals surface area contributed by atoms with Gasteiger partial charge in [0.1, 0.15) is 5.70 Å². The van der Waals surface area contributed by atoms with Gasteiger partial charge in [0.15, 0.2) is 5.82 Å². The molecule has 0 atom stereocenters. The van der Waals surface area contributed by atoms with Gasteiger partial charge in [-0.25, -0.2) is 4.99 Å². The van der Waals surface area contributed by atoms with E-state index in [2.05, 4.69) is 15.3 Å². The Labute approximate surface area is 69.9 Å². The monoisotopic (exact) mass is 160 g/mol. The highest BCUT2D eigenvalue weighted by Crippen LogP contribution is 2.15. The third kappa shape index (κ3) is 1.03. The zero-order chi connectivity index (χ0) is 8.39. The average Bonchev–Trinajstić information content (AvgIpc) is 2.30. The van der Waals surface area contributed by atoms with Crippen LogP contribution in [-0.4, -0.2) is 12.6 Å². The van der Waals surface area contributed by atoms with E-state index in [-0.39, 0.29) is 0 Å². The van der Waals surface area contributed by atoms with E-state index < -0.39 is 0 Å². The minimum Gasteiger partial charge on any atom is -0.382 e. The Morgan fingerprint density at radius 3 is 3.08 bits per heavy atom. The van der Waals surface area contributed by atoms with Crippen LogP contribution in [-0.2, 0) is 0 Å². The van der Waals surface area contributed by atoms with Gasteiger partial charge in [-0.05, 0) is 12.2 Å². The van der Waals surface area contributed by atoms with Crippen LogP contribution in [0.2, 0.25) is 0 Å². The summed E-state index contributed by atoms with van der Waals surface area (Å²) in [6.07, 6.45) is 8.88. The summed E-state index contributed by atoms with van der Waals surface area (Å²) < 4.78 is 0. The van der Waals surface area contributed by atoms with Crippen molar-refractivity contribution in [2.75, 3.05) is 0 Å². The van der Waals surface area contributed by atoms with Crippen LogP contribution in [0.5, 0.6) is 0 Å². The Kier molecular flexibility index (Phi) is 1.51. The summed E-state index contributed by atoms with van der Waals surface area (Å²) in [5, 5.41) is 2.96. The van der Waals surface area contributed by atoms with Gasteiger partial charge >= 0.3 is 0 Å². The van der Waals surface area contributed by atoms with Gasteiger partial charge in [-0.3, -0.25) is 4.99 Å². The van der Waals surface area contributed by atoms with Crippen LogP contribution < -0.4 is 11.1 Å². The van der Waals surface area contributed by atoms with E-state index >= 15 is 0 Å². The van der Waals surface area contributed by atoms with Gasteiger partial charge in [-0.2, -0.15) is 0 Å². The first kappa shape index (κ1) is 6.84. The van der Waals surface area contributed by atoms with Gasteiger partial charge in [0.05, 0.1) is 12.0 Å². The van der Waals surface area contributed by atoms with Crippen LogP contribution in [0.1, 0.15) is 0 Å². The number of hydrogen-bond donors (Lipinski definition) is 2. The number of nitrogens with one attached hydrogen (secondary N) is 1. The molecule has 0 bridgehead atoms. The smallest absolute Gasteiger partial charge is 0.153 e. The maximum Gasteiger partial charge on any atom is 0.153 e. The van der Waals surface area contributed by atoms with E-state index in [1.807, 2.05) is 18.2 Å². The second-order valence-corrected chi connectivity index (χ2v) is 2.38. The van der Waals surface area contributed by atoms with Gasteiger partial charge in [0.25, 0.3) is 0 Å². The highest BCUT2D eigenvalue weighted by molar-refractivity contribution is 5.76. The number of nitrogens with zero attached hydrogens (tertiary/aromatic N) is 2. The number of nitrogens with two attached hydrogens (primary N) is 1. The van der Waals surface area contributed by atoms with Crippen molar-refractivity contribution in [3.8, 4) is 0 Å². The second-order valence-electron chi connectivity index (χ2n) is 2.38. The molecule has 0 radical (unpaired) electrons. The third-order valence-corrected chi connectivity index (χ3v) is 1.59. The number of allylic oxidation sites excluding steroid dienone is 3. The van der Waals surface area contributed by atoms with E-state index in [4.69, 9.17) is 5.73 Å². The van der Waals surface area contributed by atoms with Crippen molar-refractivity contribution in [2.45, 2.75) is 0 Å². The zero-order valence-corrected chi connectivity index (χ0v) is 6.36. The SMILES string of the molecule is NC1=C2N=CC=CC=C2NC=N1. The molecule has 0 aromatic carbocycles. The van der Waals surface area contributed by atoms with Gasteiger partial charge < -0.3 is 11.1 Å². The van der Waals surface area contributed by atoms with Gasteiger partial charge in [0.2, 0.25) is 0 Å². The normalized spacial score (nSPS) is 19.8. The van der Waals surface area contributed by atoms with Gasteiger partial charge in [-0.15, -0.1) is 0 Å². The van der Waals surface area contributed by atoms with Crippen molar-refractivity contribution < 1.29 is 0 Å². The number of hydrogen-bond acceptors (Lipinski definition) is 4. The molecule has 0 saturated heterocycles. The Morgan fingerprint density at radius 1 is 1.25 bits per heavy atom. The lowest BCUT2D eigenvalue weighted by Gasteiger charge is -2.11. The predicted molar refractivity (Wildman–Crippen MR) is 48.6 cm³/mol. The predicted octanol–water partition coefficient (Wildman–Crippen LogP) is 0.270. The summed E-state index contributed by atoms with van der Waals surface area (Å²) in [4.78, 5) is 8.02. The summed E-state index contributed by atoms with van der Waals surface area (Å²) in [5.41, 5.74) is 7.20. The molecule has 3 N–H and O–H groups in total. The number of aliphatic imine (C=N–C) groups is 2. The summed E-state index contributed by atoms with van der Waals surface area (Å²) in [6, 6.07) is 0. The molecule has 0 saturated carbocycles. The lowest BCUT2D eigenvalue weighted by Crippen LogP contribution is -2.19. The number of fused-ring (bicyclic) bond motifs is 1. The molecule has 2 heterocycles. The number of rotatable bonds is 0. The van der Waals surface area contributed by atoms with E-state index in [0.717, 1.165) is 5.70 Å². The Balaban J connectivity index is 2.52. The molecular formula is C8H8N4. The Hall–Kier alpha value is -1.84. The molecule has 0 aromatic rings. The lowest BCUT2D eigenvalue weighted by atomic mass is 10.3. The van der Waals surface area contributed by atoms with Crippen LogP contribution >= 0.6 is 0 Å². The molecular weight excluding hydrogens is 152 g/mol. The van der Waals surface area contributed by atoms with Crippen LogP contribution in [0.3, 0.4) is 0 Å². The van der Waals surface area contributed by atoms with Crippen LogP contribution in [0.4, 0.5) is 0 Å². The van der Waals surface area contributed by atoms with E-state index in [9.17, 15) is 0 Å². The summed E-state index contributed by atoms with van der Waals surface area (Å²) >= 11 is 0. The van der Waals surface area contributed by atoms with E-state index in [0.29, 0.717) is 11.5 Å². The molecule has 0 unspecified atom stereocenters. The first-order valence-electron chi connectivity index (χ1n) is 3.58. The molecule has 0 amide bonds. The molecule has 2 aliphatic rings. The highest BCUT2D eigenvalue weighted by Gasteiger charge is 2.10. The van der Waals surface area contributed by atoms with Crippen molar-refractivity contribution >= 4 is 12.6 Å². The minimum absolute atomic E-state index is 0.444. The fourth-order valence-electron chi connectivity index (χ4n) is 1.02. The fourth-order valence-corrected chi connectivity index (χ4v) is 1.02. The quantitative estimate of drug-likeness (QED) is 0.534. The summed E-state index contributed by atoms with van der Waals surface area (Å²) in [6.45, 7) is 0. The van der Waals surface area contributed by atoms with Crippen molar-refractivity contribution in [1.29, 1.82) is 0 Å². The molecule has 60 valence electrons. The topological polar surface area (TPSA) is 62.8 Å². The first-order valence-corrected chi connectivity index (χ1v) is 3.58. The van der Waals surface area contributed by atoms with Crippen molar-refractivity contribution in [3.05, 3.63) is 35.4 Å². The highest BCUT2D eigenvalue weighted by atomic mass is 15.1. The van der Waals surface area contributed by atoms with Crippen molar-refractivity contribution in [3.63, 3.8) is 0 Å². The summed E-state index contributed by atoms with van der Waals surface area (Å²) in [7, 11) is 0. The second kappa shape index (κ2) is 2.65. The molecule has 2 rings (SSSR count). The lowest BCUT2D eigenvalue weighted by molar-refractivity contribution is 1.02. The van der Waals surface area contributed by atoms with E-state index in [1.165, 1.54) is 0 Å². The molecule has 0 fully saturated rings. The fraction of sp³-hybridized carbons (Fsp3) is 0. The summed E-state index contributed by atoms with van der Waals surface area (Å²) in [5.74, 6) is 0.444. The standard InChI is InChI=1S/C8H8N4/c9-8-7-6(11-5-12-8)3-1-2-4-10-7/h1-5H,9H2,(H,11,12).